The summed E-state index contributed by atoms with van der Waals surface area (Å²) >= 11 is 11.6. The minimum absolute atomic E-state index is 0.218. The van der Waals surface area contributed by atoms with Gasteiger partial charge in [-0.25, -0.2) is 9.97 Å². The van der Waals surface area contributed by atoms with Gasteiger partial charge in [0.05, 0.1) is 0 Å². The smallest absolute Gasteiger partial charge is 0.224 e. The molecule has 0 aliphatic carbocycles. The lowest BCUT2D eigenvalue weighted by molar-refractivity contribution is 1.13. The topological polar surface area (TPSA) is 37.8 Å². The molecule has 0 aliphatic heterocycles. The summed E-state index contributed by atoms with van der Waals surface area (Å²) in [5.74, 6) is 0.683. The van der Waals surface area contributed by atoms with E-state index < -0.39 is 0 Å². The molecule has 0 spiro atoms. The lowest BCUT2D eigenvalue weighted by atomic mass is 10.3. The van der Waals surface area contributed by atoms with Gasteiger partial charge in [-0.3, -0.25) is 0 Å². The molecule has 1 aromatic carbocycles. The summed E-state index contributed by atoms with van der Waals surface area (Å²) in [6, 6.07) is 7.40. The Morgan fingerprint density at radius 3 is 2.81 bits per heavy atom. The first kappa shape index (κ1) is 11.2. The van der Waals surface area contributed by atoms with Crippen LogP contribution in [0.3, 0.4) is 0 Å². The Hall–Kier alpha value is -1.32. The monoisotopic (exact) mass is 253 g/mol. The van der Waals surface area contributed by atoms with Crippen molar-refractivity contribution in [3.05, 3.63) is 46.3 Å². The van der Waals surface area contributed by atoms with Crippen molar-refractivity contribution in [2.24, 2.45) is 0 Å². The molecule has 16 heavy (non-hydrogen) atoms. The zero-order chi connectivity index (χ0) is 11.5. The van der Waals surface area contributed by atoms with Gasteiger partial charge in [-0.15, -0.1) is 0 Å². The Bertz CT molecular complexity index is 514. The second-order valence-corrected chi connectivity index (χ2v) is 4.08. The summed E-state index contributed by atoms with van der Waals surface area (Å²) in [4.78, 5) is 7.98. The Balaban J connectivity index is 2.30. The highest BCUT2D eigenvalue weighted by atomic mass is 35.5. The Morgan fingerprint density at radius 2 is 2.06 bits per heavy atom. The largest absolute Gasteiger partial charge is 0.340 e. The van der Waals surface area contributed by atoms with Gasteiger partial charge in [0.25, 0.3) is 0 Å². The molecule has 0 saturated carbocycles. The predicted molar refractivity (Wildman–Crippen MR) is 66.5 cm³/mol. The molecular weight excluding hydrogens is 245 g/mol. The van der Waals surface area contributed by atoms with Crippen LogP contribution in [0.5, 0.6) is 0 Å². The van der Waals surface area contributed by atoms with Gasteiger partial charge in [-0.05, 0) is 36.7 Å². The van der Waals surface area contributed by atoms with Crippen molar-refractivity contribution >= 4 is 34.7 Å². The van der Waals surface area contributed by atoms with Crippen molar-refractivity contribution in [1.29, 1.82) is 0 Å². The molecule has 0 bridgehead atoms. The molecule has 0 amide bonds. The van der Waals surface area contributed by atoms with Gasteiger partial charge in [0.15, 0.2) is 0 Å². The number of anilines is 2. The molecule has 0 unspecified atom stereocenters. The van der Waals surface area contributed by atoms with Crippen molar-refractivity contribution in [2.45, 2.75) is 6.92 Å². The fraction of sp³-hybridized carbons (Fsp3) is 0.0909. The summed E-state index contributed by atoms with van der Waals surface area (Å²) in [6.45, 7) is 1.91. The first-order chi connectivity index (χ1) is 7.65. The van der Waals surface area contributed by atoms with Gasteiger partial charge >= 0.3 is 0 Å². The van der Waals surface area contributed by atoms with Crippen LogP contribution in [0.1, 0.15) is 5.56 Å². The molecule has 0 fully saturated rings. The quantitative estimate of drug-likeness (QED) is 0.827. The number of hydrogen-bond acceptors (Lipinski definition) is 3. The molecule has 1 heterocycles. The number of nitrogens with zero attached hydrogens (tertiary/aromatic N) is 2. The average Bonchev–Trinajstić information content (AvgIpc) is 2.24. The van der Waals surface area contributed by atoms with Crippen LogP contribution >= 0.6 is 23.2 Å². The summed E-state index contributed by atoms with van der Waals surface area (Å²) in [6.07, 6.45) is 1.67. The van der Waals surface area contributed by atoms with Crippen LogP contribution in [0.2, 0.25) is 10.3 Å². The maximum Gasteiger partial charge on any atom is 0.224 e. The van der Waals surface area contributed by atoms with E-state index in [2.05, 4.69) is 15.3 Å². The maximum absolute atomic E-state index is 5.88. The molecule has 2 aromatic rings. The van der Waals surface area contributed by atoms with E-state index in [0.717, 1.165) is 11.3 Å². The number of rotatable bonds is 2. The minimum Gasteiger partial charge on any atom is -0.340 e. The van der Waals surface area contributed by atoms with Crippen LogP contribution in [0, 0.1) is 6.92 Å². The van der Waals surface area contributed by atoms with Crippen molar-refractivity contribution in [3.63, 3.8) is 0 Å². The summed E-state index contributed by atoms with van der Waals surface area (Å²) < 4.78 is 0. The van der Waals surface area contributed by atoms with E-state index in [9.17, 15) is 0 Å². The zero-order valence-corrected chi connectivity index (χ0v) is 10.0. The van der Waals surface area contributed by atoms with Crippen LogP contribution in [0.4, 0.5) is 11.5 Å². The zero-order valence-electron chi connectivity index (χ0n) is 8.54. The van der Waals surface area contributed by atoms with Crippen LogP contribution in [0.25, 0.3) is 0 Å². The van der Waals surface area contributed by atoms with Crippen molar-refractivity contribution < 1.29 is 0 Å². The third-order valence-electron chi connectivity index (χ3n) is 2.03. The second kappa shape index (κ2) is 4.68. The molecule has 1 aromatic heterocycles. The fourth-order valence-corrected chi connectivity index (χ4v) is 1.57. The summed E-state index contributed by atoms with van der Waals surface area (Å²) in [5.41, 5.74) is 1.79. The van der Waals surface area contributed by atoms with Crippen LogP contribution in [-0.2, 0) is 0 Å². The second-order valence-electron chi connectivity index (χ2n) is 3.31. The molecule has 3 nitrogen and oxygen atoms in total. The minimum atomic E-state index is 0.218. The van der Waals surface area contributed by atoms with Crippen molar-refractivity contribution in [3.8, 4) is 0 Å². The average molecular weight is 254 g/mol. The molecule has 1 N–H and O–H groups in total. The van der Waals surface area contributed by atoms with E-state index in [0.29, 0.717) is 10.8 Å². The molecule has 0 aliphatic rings. The number of aromatic nitrogens is 2. The Morgan fingerprint density at radius 1 is 1.25 bits per heavy atom. The normalized spacial score (nSPS) is 10.2. The SMILES string of the molecule is Cc1cnc(Cl)nc1Nc1cccc(Cl)c1. The van der Waals surface area contributed by atoms with Crippen molar-refractivity contribution in [2.75, 3.05) is 5.32 Å². The molecule has 0 saturated heterocycles. The molecular formula is C11H9Cl2N3. The van der Waals surface area contributed by atoms with Gasteiger partial charge in [-0.1, -0.05) is 17.7 Å². The number of benzene rings is 1. The van der Waals surface area contributed by atoms with E-state index in [1.165, 1.54) is 0 Å². The van der Waals surface area contributed by atoms with Gasteiger partial charge in [0.1, 0.15) is 5.82 Å². The van der Waals surface area contributed by atoms with E-state index in [-0.39, 0.29) is 5.28 Å². The highest BCUT2D eigenvalue weighted by Crippen LogP contribution is 2.21. The van der Waals surface area contributed by atoms with Crippen molar-refractivity contribution in [1.82, 2.24) is 9.97 Å². The number of hydrogen-bond donors (Lipinski definition) is 1. The standard InChI is InChI=1S/C11H9Cl2N3/c1-7-6-14-11(13)16-10(7)15-9-4-2-3-8(12)5-9/h2-6H,1H3,(H,14,15,16). The first-order valence-corrected chi connectivity index (χ1v) is 5.42. The van der Waals surface area contributed by atoms with Crippen LogP contribution in [0.15, 0.2) is 30.5 Å². The highest BCUT2D eigenvalue weighted by Gasteiger charge is 2.02. The maximum atomic E-state index is 5.88. The van der Waals surface area contributed by atoms with Gasteiger partial charge in [0, 0.05) is 22.5 Å². The van der Waals surface area contributed by atoms with E-state index in [1.807, 2.05) is 31.2 Å². The van der Waals surface area contributed by atoms with E-state index in [1.54, 1.807) is 6.20 Å². The molecule has 0 radical (unpaired) electrons. The van der Waals surface area contributed by atoms with Gasteiger partial charge in [-0.2, -0.15) is 0 Å². The van der Waals surface area contributed by atoms with Crippen LogP contribution < -0.4 is 5.32 Å². The number of nitrogens with one attached hydrogen (secondary N) is 1. The predicted octanol–water partition coefficient (Wildman–Crippen LogP) is 3.84. The molecule has 0 atom stereocenters. The molecule has 2 rings (SSSR count). The lowest BCUT2D eigenvalue weighted by Gasteiger charge is -2.08. The Labute approximate surface area is 103 Å². The lowest BCUT2D eigenvalue weighted by Crippen LogP contribution is -1.97. The fourth-order valence-electron chi connectivity index (χ4n) is 1.25. The summed E-state index contributed by atoms with van der Waals surface area (Å²) in [5, 5.41) is 4.02. The van der Waals surface area contributed by atoms with Gasteiger partial charge in [0.2, 0.25) is 5.28 Å². The highest BCUT2D eigenvalue weighted by molar-refractivity contribution is 6.30. The third kappa shape index (κ3) is 2.62. The van der Waals surface area contributed by atoms with Crippen LogP contribution in [-0.4, -0.2) is 9.97 Å². The number of aryl methyl sites for hydroxylation is 1. The molecule has 5 heteroatoms. The van der Waals surface area contributed by atoms with E-state index >= 15 is 0 Å². The third-order valence-corrected chi connectivity index (χ3v) is 2.45. The Kier molecular flexibility index (Phi) is 3.27. The summed E-state index contributed by atoms with van der Waals surface area (Å²) in [7, 11) is 0. The van der Waals surface area contributed by atoms with Gasteiger partial charge < -0.3 is 5.32 Å². The van der Waals surface area contributed by atoms with E-state index in [4.69, 9.17) is 23.2 Å². The number of halogens is 2. The molecule has 82 valence electrons. The first-order valence-electron chi connectivity index (χ1n) is 4.67.